The number of hydrogen-bond donors (Lipinski definition) is 1. The van der Waals surface area contributed by atoms with Crippen LogP contribution in [0.4, 0.5) is 4.39 Å². The maximum atomic E-state index is 14.2. The number of nitrogens with zero attached hydrogens (tertiary/aromatic N) is 1. The number of benzene rings is 2. The number of carbonyl (C=O) groups is 2. The van der Waals surface area contributed by atoms with E-state index in [0.29, 0.717) is 21.4 Å². The summed E-state index contributed by atoms with van der Waals surface area (Å²) in [5.41, 5.74) is 0.654. The molecular formula is C23H27Cl2FN2O2S. The normalized spacial score (nSPS) is 12.4. The molecule has 0 radical (unpaired) electrons. The highest BCUT2D eigenvalue weighted by Crippen LogP contribution is 2.28. The summed E-state index contributed by atoms with van der Waals surface area (Å²) in [6, 6.07) is 10.7. The molecule has 2 rings (SSSR count). The van der Waals surface area contributed by atoms with Gasteiger partial charge >= 0.3 is 0 Å². The lowest BCUT2D eigenvalue weighted by molar-refractivity contribution is -0.139. The Bertz CT molecular complexity index is 914. The molecule has 168 valence electrons. The van der Waals surface area contributed by atoms with Crippen molar-refractivity contribution in [3.8, 4) is 0 Å². The van der Waals surface area contributed by atoms with E-state index >= 15 is 0 Å². The topological polar surface area (TPSA) is 49.4 Å². The van der Waals surface area contributed by atoms with E-state index in [9.17, 15) is 14.0 Å². The zero-order chi connectivity index (χ0) is 23.2. The molecule has 0 unspecified atom stereocenters. The van der Waals surface area contributed by atoms with Crippen molar-refractivity contribution in [2.75, 3.05) is 5.75 Å². The van der Waals surface area contributed by atoms with Gasteiger partial charge in [0.15, 0.2) is 0 Å². The van der Waals surface area contributed by atoms with Crippen LogP contribution in [0.15, 0.2) is 42.5 Å². The Hall–Kier alpha value is -1.76. The Morgan fingerprint density at radius 1 is 1.10 bits per heavy atom. The van der Waals surface area contributed by atoms with Crippen molar-refractivity contribution in [3.05, 3.63) is 69.5 Å². The fraction of sp³-hybridized carbons (Fsp3) is 0.391. The standard InChI is InChI=1S/C23H27Cl2FN2O2S/c1-15(22(30)27-23(2,3)4)28(12-16-8-5-6-11-20(16)26)21(29)14-31-13-17-18(24)9-7-10-19(17)25/h5-11,15H,12-14H2,1-4H3,(H,27,30)/t15-/m1/s1. The van der Waals surface area contributed by atoms with Gasteiger partial charge in [0.25, 0.3) is 0 Å². The fourth-order valence-corrected chi connectivity index (χ4v) is 4.51. The minimum absolute atomic E-state index is 0.00234. The third kappa shape index (κ3) is 7.70. The van der Waals surface area contributed by atoms with Crippen LogP contribution < -0.4 is 5.32 Å². The first kappa shape index (κ1) is 25.5. The van der Waals surface area contributed by atoms with Gasteiger partial charge in [0, 0.05) is 33.4 Å². The van der Waals surface area contributed by atoms with E-state index in [-0.39, 0.29) is 24.1 Å². The van der Waals surface area contributed by atoms with Crippen LogP contribution in [0.2, 0.25) is 10.0 Å². The molecule has 0 aliphatic heterocycles. The van der Waals surface area contributed by atoms with Crippen LogP contribution in [0.3, 0.4) is 0 Å². The Labute approximate surface area is 197 Å². The molecule has 2 amide bonds. The summed E-state index contributed by atoms with van der Waals surface area (Å²) in [4.78, 5) is 27.2. The molecule has 1 atom stereocenters. The Morgan fingerprint density at radius 3 is 2.29 bits per heavy atom. The van der Waals surface area contributed by atoms with Gasteiger partial charge in [-0.25, -0.2) is 4.39 Å². The van der Waals surface area contributed by atoms with E-state index in [1.54, 1.807) is 43.3 Å². The molecular weight excluding hydrogens is 458 g/mol. The van der Waals surface area contributed by atoms with Crippen molar-refractivity contribution in [3.63, 3.8) is 0 Å². The zero-order valence-electron chi connectivity index (χ0n) is 18.0. The highest BCUT2D eigenvalue weighted by Gasteiger charge is 2.29. The maximum absolute atomic E-state index is 14.2. The van der Waals surface area contributed by atoms with E-state index in [0.717, 1.165) is 5.56 Å². The van der Waals surface area contributed by atoms with E-state index in [1.807, 2.05) is 20.8 Å². The molecule has 2 aromatic rings. The average molecular weight is 485 g/mol. The largest absolute Gasteiger partial charge is 0.350 e. The van der Waals surface area contributed by atoms with Gasteiger partial charge in [-0.05, 0) is 51.5 Å². The smallest absolute Gasteiger partial charge is 0.242 e. The van der Waals surface area contributed by atoms with Crippen LogP contribution in [0, 0.1) is 5.82 Å². The third-order valence-electron chi connectivity index (χ3n) is 4.50. The molecule has 0 aliphatic carbocycles. The second-order valence-corrected chi connectivity index (χ2v) is 10.0. The van der Waals surface area contributed by atoms with Crippen LogP contribution in [-0.4, -0.2) is 34.0 Å². The molecule has 0 heterocycles. The van der Waals surface area contributed by atoms with Crippen molar-refractivity contribution < 1.29 is 14.0 Å². The van der Waals surface area contributed by atoms with Crippen molar-refractivity contribution in [1.82, 2.24) is 10.2 Å². The summed E-state index contributed by atoms with van der Waals surface area (Å²) < 4.78 is 14.2. The number of amides is 2. The summed E-state index contributed by atoms with van der Waals surface area (Å²) in [5, 5.41) is 3.95. The molecule has 0 bridgehead atoms. The van der Waals surface area contributed by atoms with Gasteiger partial charge in [-0.2, -0.15) is 0 Å². The molecule has 0 aliphatic rings. The molecule has 0 saturated carbocycles. The minimum atomic E-state index is -0.768. The van der Waals surface area contributed by atoms with Crippen molar-refractivity contribution in [2.45, 2.75) is 51.6 Å². The van der Waals surface area contributed by atoms with Crippen LogP contribution in [0.5, 0.6) is 0 Å². The summed E-state index contributed by atoms with van der Waals surface area (Å²) in [6.07, 6.45) is 0. The minimum Gasteiger partial charge on any atom is -0.350 e. The Balaban J connectivity index is 2.15. The summed E-state index contributed by atoms with van der Waals surface area (Å²) >= 11 is 13.7. The quantitative estimate of drug-likeness (QED) is 0.522. The number of rotatable bonds is 8. The lowest BCUT2D eigenvalue weighted by atomic mass is 10.1. The number of carbonyl (C=O) groups excluding carboxylic acids is 2. The molecule has 0 aromatic heterocycles. The molecule has 1 N–H and O–H groups in total. The van der Waals surface area contributed by atoms with Crippen LogP contribution >= 0.6 is 35.0 Å². The van der Waals surface area contributed by atoms with E-state index in [2.05, 4.69) is 5.32 Å². The fourth-order valence-electron chi connectivity index (χ4n) is 2.86. The molecule has 0 spiro atoms. The number of halogens is 3. The second-order valence-electron chi connectivity index (χ2n) is 8.22. The number of nitrogens with one attached hydrogen (secondary N) is 1. The third-order valence-corrected chi connectivity index (χ3v) is 6.15. The highest BCUT2D eigenvalue weighted by atomic mass is 35.5. The first-order chi connectivity index (χ1) is 14.5. The molecule has 4 nitrogen and oxygen atoms in total. The van der Waals surface area contributed by atoms with Gasteiger partial charge in [0.05, 0.1) is 5.75 Å². The summed E-state index contributed by atoms with van der Waals surface area (Å²) in [7, 11) is 0. The molecule has 8 heteroatoms. The Kier molecular flexibility index (Phi) is 9.22. The van der Waals surface area contributed by atoms with E-state index in [4.69, 9.17) is 23.2 Å². The average Bonchev–Trinajstić information content (AvgIpc) is 2.67. The Morgan fingerprint density at radius 2 is 1.71 bits per heavy atom. The van der Waals surface area contributed by atoms with Crippen LogP contribution in [-0.2, 0) is 21.9 Å². The predicted molar refractivity (Wildman–Crippen MR) is 127 cm³/mol. The SMILES string of the molecule is C[C@H](C(=O)NC(C)(C)C)N(Cc1ccccc1F)C(=O)CSCc1c(Cl)cccc1Cl. The summed E-state index contributed by atoms with van der Waals surface area (Å²) in [5.74, 6) is -0.438. The predicted octanol–water partition coefficient (Wildman–Crippen LogP) is 5.70. The first-order valence-corrected chi connectivity index (χ1v) is 11.8. The van der Waals surface area contributed by atoms with Gasteiger partial charge in [-0.1, -0.05) is 47.5 Å². The van der Waals surface area contributed by atoms with Gasteiger partial charge < -0.3 is 10.2 Å². The van der Waals surface area contributed by atoms with Crippen molar-refractivity contribution in [1.29, 1.82) is 0 Å². The molecule has 31 heavy (non-hydrogen) atoms. The van der Waals surface area contributed by atoms with Gasteiger partial charge in [-0.15, -0.1) is 11.8 Å². The van der Waals surface area contributed by atoms with Gasteiger partial charge in [0.2, 0.25) is 11.8 Å². The first-order valence-electron chi connectivity index (χ1n) is 9.85. The maximum Gasteiger partial charge on any atom is 0.242 e. The van der Waals surface area contributed by atoms with Crippen LogP contribution in [0.25, 0.3) is 0 Å². The lowest BCUT2D eigenvalue weighted by Crippen LogP contribution is -2.52. The monoisotopic (exact) mass is 484 g/mol. The second kappa shape index (κ2) is 11.2. The van der Waals surface area contributed by atoms with Crippen molar-refractivity contribution >= 4 is 46.8 Å². The van der Waals surface area contributed by atoms with E-state index in [1.165, 1.54) is 22.7 Å². The number of hydrogen-bond acceptors (Lipinski definition) is 3. The number of thioether (sulfide) groups is 1. The molecule has 0 fully saturated rings. The van der Waals surface area contributed by atoms with Crippen molar-refractivity contribution in [2.24, 2.45) is 0 Å². The van der Waals surface area contributed by atoms with Gasteiger partial charge in [0.1, 0.15) is 11.9 Å². The highest BCUT2D eigenvalue weighted by molar-refractivity contribution is 7.99. The molecule has 0 saturated heterocycles. The van der Waals surface area contributed by atoms with Crippen LogP contribution in [0.1, 0.15) is 38.8 Å². The van der Waals surface area contributed by atoms with E-state index < -0.39 is 17.4 Å². The molecule has 2 aromatic carbocycles. The lowest BCUT2D eigenvalue weighted by Gasteiger charge is -2.31. The van der Waals surface area contributed by atoms with Gasteiger partial charge in [-0.3, -0.25) is 9.59 Å². The zero-order valence-corrected chi connectivity index (χ0v) is 20.4. The summed E-state index contributed by atoms with van der Waals surface area (Å²) in [6.45, 7) is 7.24.